The van der Waals surface area contributed by atoms with Crippen molar-refractivity contribution in [3.05, 3.63) is 70.5 Å². The second-order valence-corrected chi connectivity index (χ2v) is 5.97. The number of ether oxygens (including phenoxy) is 1. The number of aromatic nitrogens is 2. The van der Waals surface area contributed by atoms with Crippen LogP contribution in [-0.4, -0.2) is 22.3 Å². The topological polar surface area (TPSA) is 56.1 Å². The van der Waals surface area contributed by atoms with E-state index in [1.54, 1.807) is 47.3 Å². The van der Waals surface area contributed by atoms with Crippen LogP contribution in [0.4, 0.5) is 5.69 Å². The number of rotatable bonds is 5. The minimum atomic E-state index is -0.357. The summed E-state index contributed by atoms with van der Waals surface area (Å²) in [6, 6.07) is 14.0. The highest BCUT2D eigenvalue weighted by Gasteiger charge is 2.15. The van der Waals surface area contributed by atoms with Crippen LogP contribution >= 0.6 is 23.2 Å². The SMILES string of the molecule is CCOc1c(Cl)cccc1NC(=O)c1ccn(-c2cccc(Cl)c2)n1. The maximum absolute atomic E-state index is 12.5. The van der Waals surface area contributed by atoms with Crippen molar-refractivity contribution in [2.24, 2.45) is 0 Å². The van der Waals surface area contributed by atoms with E-state index < -0.39 is 0 Å². The van der Waals surface area contributed by atoms with Crippen molar-refractivity contribution in [1.29, 1.82) is 0 Å². The fraction of sp³-hybridized carbons (Fsp3) is 0.111. The molecule has 128 valence electrons. The van der Waals surface area contributed by atoms with E-state index in [0.29, 0.717) is 28.1 Å². The third kappa shape index (κ3) is 3.95. The molecule has 0 aliphatic carbocycles. The first-order valence-electron chi connectivity index (χ1n) is 7.62. The monoisotopic (exact) mass is 375 g/mol. The second-order valence-electron chi connectivity index (χ2n) is 5.13. The van der Waals surface area contributed by atoms with Crippen molar-refractivity contribution in [3.63, 3.8) is 0 Å². The Balaban J connectivity index is 1.82. The Morgan fingerprint density at radius 1 is 1.20 bits per heavy atom. The molecule has 1 aromatic heterocycles. The van der Waals surface area contributed by atoms with Gasteiger partial charge < -0.3 is 10.1 Å². The second kappa shape index (κ2) is 7.59. The van der Waals surface area contributed by atoms with Crippen LogP contribution in [0.5, 0.6) is 5.75 Å². The van der Waals surface area contributed by atoms with Gasteiger partial charge in [0.1, 0.15) is 0 Å². The summed E-state index contributed by atoms with van der Waals surface area (Å²) in [6.07, 6.45) is 1.70. The van der Waals surface area contributed by atoms with Crippen LogP contribution < -0.4 is 10.1 Å². The summed E-state index contributed by atoms with van der Waals surface area (Å²) in [5.74, 6) is 0.0817. The molecule has 0 aliphatic heterocycles. The van der Waals surface area contributed by atoms with E-state index in [-0.39, 0.29) is 11.6 Å². The van der Waals surface area contributed by atoms with Gasteiger partial charge in [-0.15, -0.1) is 0 Å². The number of amides is 1. The zero-order valence-electron chi connectivity index (χ0n) is 13.4. The Morgan fingerprint density at radius 3 is 2.76 bits per heavy atom. The number of carbonyl (C=O) groups is 1. The fourth-order valence-corrected chi connectivity index (χ4v) is 2.71. The minimum Gasteiger partial charge on any atom is -0.490 e. The molecule has 7 heteroatoms. The molecule has 3 rings (SSSR count). The number of nitrogens with zero attached hydrogens (tertiary/aromatic N) is 2. The van der Waals surface area contributed by atoms with Gasteiger partial charge in [0.05, 0.1) is 23.0 Å². The number of hydrogen-bond donors (Lipinski definition) is 1. The van der Waals surface area contributed by atoms with Crippen molar-refractivity contribution in [3.8, 4) is 11.4 Å². The highest BCUT2D eigenvalue weighted by molar-refractivity contribution is 6.32. The molecule has 1 N–H and O–H groups in total. The van der Waals surface area contributed by atoms with Gasteiger partial charge >= 0.3 is 0 Å². The number of anilines is 1. The molecule has 0 bridgehead atoms. The number of halogens is 2. The van der Waals surface area contributed by atoms with E-state index in [4.69, 9.17) is 27.9 Å². The van der Waals surface area contributed by atoms with Gasteiger partial charge in [-0.05, 0) is 43.3 Å². The van der Waals surface area contributed by atoms with Crippen LogP contribution in [0.1, 0.15) is 17.4 Å². The summed E-state index contributed by atoms with van der Waals surface area (Å²) < 4.78 is 7.09. The van der Waals surface area contributed by atoms with Gasteiger partial charge in [0.15, 0.2) is 11.4 Å². The Hall–Kier alpha value is -2.50. The van der Waals surface area contributed by atoms with Crippen LogP contribution in [0.2, 0.25) is 10.0 Å². The molecule has 3 aromatic rings. The van der Waals surface area contributed by atoms with Gasteiger partial charge in [-0.3, -0.25) is 4.79 Å². The number of nitrogens with one attached hydrogen (secondary N) is 1. The quantitative estimate of drug-likeness (QED) is 0.694. The summed E-state index contributed by atoms with van der Waals surface area (Å²) in [5.41, 5.74) is 1.53. The number of carbonyl (C=O) groups excluding carboxylic acids is 1. The first-order valence-corrected chi connectivity index (χ1v) is 8.38. The zero-order chi connectivity index (χ0) is 17.8. The Labute approximate surface area is 155 Å². The van der Waals surface area contributed by atoms with Crippen LogP contribution in [0.3, 0.4) is 0 Å². The van der Waals surface area contributed by atoms with Gasteiger partial charge in [0.25, 0.3) is 5.91 Å². The molecule has 0 atom stereocenters. The molecule has 5 nitrogen and oxygen atoms in total. The normalized spacial score (nSPS) is 10.5. The molecule has 0 saturated carbocycles. The average Bonchev–Trinajstić information content (AvgIpc) is 3.08. The lowest BCUT2D eigenvalue weighted by Crippen LogP contribution is -2.14. The van der Waals surface area contributed by atoms with E-state index in [9.17, 15) is 4.79 Å². The molecule has 1 amide bonds. The van der Waals surface area contributed by atoms with E-state index in [1.807, 2.05) is 19.1 Å². The average molecular weight is 376 g/mol. The van der Waals surface area contributed by atoms with Gasteiger partial charge in [0.2, 0.25) is 0 Å². The molecular weight excluding hydrogens is 361 g/mol. The first-order chi connectivity index (χ1) is 12.1. The van der Waals surface area contributed by atoms with Crippen molar-refractivity contribution in [2.75, 3.05) is 11.9 Å². The van der Waals surface area contributed by atoms with Crippen LogP contribution in [-0.2, 0) is 0 Å². The summed E-state index contributed by atoms with van der Waals surface area (Å²) >= 11 is 12.1. The molecule has 0 fully saturated rings. The zero-order valence-corrected chi connectivity index (χ0v) is 14.9. The molecule has 25 heavy (non-hydrogen) atoms. The molecule has 0 radical (unpaired) electrons. The number of hydrogen-bond acceptors (Lipinski definition) is 3. The first kappa shape index (κ1) is 17.3. The Morgan fingerprint density at radius 2 is 2.00 bits per heavy atom. The Bertz CT molecular complexity index is 909. The smallest absolute Gasteiger partial charge is 0.276 e. The summed E-state index contributed by atoms with van der Waals surface area (Å²) in [5, 5.41) is 8.10. The van der Waals surface area contributed by atoms with E-state index >= 15 is 0 Å². The third-order valence-electron chi connectivity index (χ3n) is 3.40. The van der Waals surface area contributed by atoms with Gasteiger partial charge in [-0.2, -0.15) is 5.10 Å². The van der Waals surface area contributed by atoms with Crippen LogP contribution in [0.25, 0.3) is 5.69 Å². The maximum atomic E-state index is 12.5. The number of para-hydroxylation sites is 1. The van der Waals surface area contributed by atoms with Crippen molar-refractivity contribution in [2.45, 2.75) is 6.92 Å². The highest BCUT2D eigenvalue weighted by atomic mass is 35.5. The van der Waals surface area contributed by atoms with Crippen molar-refractivity contribution in [1.82, 2.24) is 9.78 Å². The van der Waals surface area contributed by atoms with Gasteiger partial charge in [0, 0.05) is 11.2 Å². The third-order valence-corrected chi connectivity index (χ3v) is 3.93. The lowest BCUT2D eigenvalue weighted by molar-refractivity contribution is 0.102. The number of benzene rings is 2. The maximum Gasteiger partial charge on any atom is 0.276 e. The standard InChI is InChI=1S/C18H15Cl2N3O2/c1-2-25-17-14(20)7-4-8-15(17)21-18(24)16-9-10-23(22-16)13-6-3-5-12(19)11-13/h3-11H,2H2,1H3,(H,21,24). The fourth-order valence-electron chi connectivity index (χ4n) is 2.29. The van der Waals surface area contributed by atoms with Gasteiger partial charge in [-0.25, -0.2) is 4.68 Å². The molecule has 1 heterocycles. The molecule has 0 spiro atoms. The van der Waals surface area contributed by atoms with E-state index in [0.717, 1.165) is 5.69 Å². The van der Waals surface area contributed by atoms with Gasteiger partial charge in [-0.1, -0.05) is 35.3 Å². The van der Waals surface area contributed by atoms with Crippen LogP contribution in [0.15, 0.2) is 54.7 Å². The molecule has 0 unspecified atom stereocenters. The predicted molar refractivity (Wildman–Crippen MR) is 99.1 cm³/mol. The largest absolute Gasteiger partial charge is 0.490 e. The summed E-state index contributed by atoms with van der Waals surface area (Å²) in [6.45, 7) is 2.29. The molecule has 0 aliphatic rings. The van der Waals surface area contributed by atoms with E-state index in [1.165, 1.54) is 0 Å². The summed E-state index contributed by atoms with van der Waals surface area (Å²) in [4.78, 5) is 12.5. The highest BCUT2D eigenvalue weighted by Crippen LogP contribution is 2.33. The molecular formula is C18H15Cl2N3O2. The van der Waals surface area contributed by atoms with E-state index in [2.05, 4.69) is 10.4 Å². The Kier molecular flexibility index (Phi) is 5.26. The predicted octanol–water partition coefficient (Wildman–Crippen LogP) is 4.83. The summed E-state index contributed by atoms with van der Waals surface area (Å²) in [7, 11) is 0. The lowest BCUT2D eigenvalue weighted by Gasteiger charge is -2.12. The van der Waals surface area contributed by atoms with Crippen molar-refractivity contribution >= 4 is 34.8 Å². The van der Waals surface area contributed by atoms with Crippen LogP contribution in [0, 0.1) is 0 Å². The lowest BCUT2D eigenvalue weighted by atomic mass is 10.2. The minimum absolute atomic E-state index is 0.266. The molecule has 0 saturated heterocycles. The van der Waals surface area contributed by atoms with Crippen molar-refractivity contribution < 1.29 is 9.53 Å². The molecule has 2 aromatic carbocycles.